The fraction of sp³-hybridized carbons (Fsp3) is 0. The fourth-order valence-corrected chi connectivity index (χ4v) is 6.97. The van der Waals surface area contributed by atoms with Crippen molar-refractivity contribution in [3.8, 4) is 55.9 Å². The normalized spacial score (nSPS) is 11.3. The minimum absolute atomic E-state index is 0.885. The van der Waals surface area contributed by atoms with Crippen LogP contribution in [0.1, 0.15) is 0 Å². The molecular formula is C45H29N3. The van der Waals surface area contributed by atoms with Gasteiger partial charge in [0.1, 0.15) is 0 Å². The summed E-state index contributed by atoms with van der Waals surface area (Å²) in [7, 11) is 0. The summed E-state index contributed by atoms with van der Waals surface area (Å²) < 4.78 is 0. The lowest BCUT2D eigenvalue weighted by Crippen LogP contribution is -1.92. The number of benzene rings is 6. The number of fused-ring (bicyclic) bond motifs is 6. The Morgan fingerprint density at radius 1 is 0.312 bits per heavy atom. The molecule has 0 aliphatic heterocycles. The summed E-state index contributed by atoms with van der Waals surface area (Å²) in [5, 5.41) is 7.71. The number of pyridine rings is 3. The molecule has 0 atom stereocenters. The molecule has 0 spiro atoms. The highest BCUT2D eigenvalue weighted by atomic mass is 14.7. The topological polar surface area (TPSA) is 38.7 Å². The van der Waals surface area contributed by atoms with E-state index < -0.39 is 0 Å². The van der Waals surface area contributed by atoms with E-state index in [2.05, 4.69) is 143 Å². The first-order valence-electron chi connectivity index (χ1n) is 16.2. The van der Waals surface area contributed by atoms with Crippen LogP contribution in [0.5, 0.6) is 0 Å². The number of nitrogens with zero attached hydrogens (tertiary/aromatic N) is 3. The van der Waals surface area contributed by atoms with Crippen LogP contribution in [-0.2, 0) is 0 Å². The SMILES string of the molecule is c1cc(-c2cccc(-c3cccc4c5ccccc5c5ccccc5c34)c2)cc(-c2cc(-c3ccncc3)nc(-c3cccnc3)c2)c1. The summed E-state index contributed by atoms with van der Waals surface area (Å²) in [5.74, 6) is 0. The Balaban J connectivity index is 1.18. The van der Waals surface area contributed by atoms with Gasteiger partial charge in [-0.05, 0) is 114 Å². The van der Waals surface area contributed by atoms with Gasteiger partial charge >= 0.3 is 0 Å². The smallest absolute Gasteiger partial charge is 0.0731 e. The highest BCUT2D eigenvalue weighted by Gasteiger charge is 2.14. The van der Waals surface area contributed by atoms with Crippen LogP contribution in [0.4, 0.5) is 0 Å². The molecular weight excluding hydrogens is 583 g/mol. The highest BCUT2D eigenvalue weighted by molar-refractivity contribution is 6.28. The molecule has 224 valence electrons. The van der Waals surface area contributed by atoms with Crippen molar-refractivity contribution >= 4 is 32.3 Å². The van der Waals surface area contributed by atoms with Gasteiger partial charge in [0.15, 0.2) is 0 Å². The zero-order valence-electron chi connectivity index (χ0n) is 26.1. The van der Waals surface area contributed by atoms with E-state index in [1.165, 1.54) is 49.0 Å². The van der Waals surface area contributed by atoms with Crippen LogP contribution in [0.3, 0.4) is 0 Å². The summed E-state index contributed by atoms with van der Waals surface area (Å²) in [6.45, 7) is 0. The molecule has 3 heteroatoms. The van der Waals surface area contributed by atoms with Gasteiger partial charge in [0.05, 0.1) is 11.4 Å². The number of aromatic nitrogens is 3. The predicted octanol–water partition coefficient (Wildman–Crippen LogP) is 11.7. The summed E-state index contributed by atoms with van der Waals surface area (Å²) >= 11 is 0. The molecule has 3 aromatic heterocycles. The number of hydrogen-bond acceptors (Lipinski definition) is 3. The lowest BCUT2D eigenvalue weighted by Gasteiger charge is -2.15. The molecule has 3 heterocycles. The molecule has 3 nitrogen and oxygen atoms in total. The second-order valence-corrected chi connectivity index (χ2v) is 12.1. The van der Waals surface area contributed by atoms with Crippen LogP contribution in [0.15, 0.2) is 176 Å². The molecule has 0 aliphatic rings. The summed E-state index contributed by atoms with van der Waals surface area (Å²) in [6, 6.07) is 54.3. The zero-order valence-corrected chi connectivity index (χ0v) is 26.1. The van der Waals surface area contributed by atoms with Gasteiger partial charge in [0.25, 0.3) is 0 Å². The monoisotopic (exact) mass is 611 g/mol. The molecule has 9 rings (SSSR count). The van der Waals surface area contributed by atoms with Crippen molar-refractivity contribution in [3.05, 3.63) is 176 Å². The van der Waals surface area contributed by atoms with Gasteiger partial charge in [0.2, 0.25) is 0 Å². The Morgan fingerprint density at radius 2 is 0.833 bits per heavy atom. The standard InChI is InChI=1S/C45H29N3/c1-2-15-40-38(14-1)39-16-3-4-17-41(39)45-37(18-7-19-42(40)45)34-12-6-10-32(26-34)31-9-5-11-33(25-31)36-27-43(30-20-23-46-24-21-30)48-44(28-36)35-13-8-22-47-29-35/h1-29H. The Labute approximate surface area is 278 Å². The van der Waals surface area contributed by atoms with Crippen LogP contribution in [-0.4, -0.2) is 15.0 Å². The van der Waals surface area contributed by atoms with E-state index in [1.54, 1.807) is 6.20 Å². The third-order valence-corrected chi connectivity index (χ3v) is 9.23. The summed E-state index contributed by atoms with van der Waals surface area (Å²) in [4.78, 5) is 13.6. The number of rotatable bonds is 5. The van der Waals surface area contributed by atoms with E-state index >= 15 is 0 Å². The fourth-order valence-electron chi connectivity index (χ4n) is 6.97. The van der Waals surface area contributed by atoms with Crippen LogP contribution in [0.25, 0.3) is 88.2 Å². The molecule has 0 fully saturated rings. The zero-order chi connectivity index (χ0) is 31.9. The molecule has 0 unspecified atom stereocenters. The van der Waals surface area contributed by atoms with E-state index in [4.69, 9.17) is 4.98 Å². The van der Waals surface area contributed by atoms with E-state index in [0.717, 1.165) is 39.2 Å². The Morgan fingerprint density at radius 3 is 1.50 bits per heavy atom. The molecule has 0 amide bonds. The van der Waals surface area contributed by atoms with Crippen molar-refractivity contribution in [3.63, 3.8) is 0 Å². The van der Waals surface area contributed by atoms with Gasteiger partial charge in [0, 0.05) is 35.9 Å². The molecule has 9 aromatic rings. The maximum absolute atomic E-state index is 5.02. The van der Waals surface area contributed by atoms with Crippen molar-refractivity contribution in [1.82, 2.24) is 15.0 Å². The molecule has 0 saturated carbocycles. The van der Waals surface area contributed by atoms with E-state index in [1.807, 2.05) is 36.8 Å². The minimum Gasteiger partial charge on any atom is -0.265 e. The molecule has 0 radical (unpaired) electrons. The molecule has 48 heavy (non-hydrogen) atoms. The first-order valence-corrected chi connectivity index (χ1v) is 16.2. The maximum atomic E-state index is 5.02. The van der Waals surface area contributed by atoms with Crippen molar-refractivity contribution in [2.24, 2.45) is 0 Å². The maximum Gasteiger partial charge on any atom is 0.0731 e. The van der Waals surface area contributed by atoms with Crippen LogP contribution >= 0.6 is 0 Å². The van der Waals surface area contributed by atoms with Crippen molar-refractivity contribution in [2.45, 2.75) is 0 Å². The molecule has 0 bridgehead atoms. The van der Waals surface area contributed by atoms with Crippen LogP contribution in [0, 0.1) is 0 Å². The molecule has 0 saturated heterocycles. The first-order chi connectivity index (χ1) is 23.8. The summed E-state index contributed by atoms with van der Waals surface area (Å²) in [6.07, 6.45) is 7.27. The van der Waals surface area contributed by atoms with Gasteiger partial charge in [-0.2, -0.15) is 0 Å². The van der Waals surface area contributed by atoms with Gasteiger partial charge in [-0.15, -0.1) is 0 Å². The largest absolute Gasteiger partial charge is 0.265 e. The van der Waals surface area contributed by atoms with E-state index in [0.29, 0.717) is 0 Å². The average Bonchev–Trinajstić information content (AvgIpc) is 3.18. The lowest BCUT2D eigenvalue weighted by molar-refractivity contribution is 1.27. The third-order valence-electron chi connectivity index (χ3n) is 9.23. The lowest BCUT2D eigenvalue weighted by atomic mass is 9.88. The van der Waals surface area contributed by atoms with Crippen molar-refractivity contribution in [2.75, 3.05) is 0 Å². The first kappa shape index (κ1) is 27.8. The Bertz CT molecular complexity index is 2510. The van der Waals surface area contributed by atoms with E-state index in [-0.39, 0.29) is 0 Å². The molecule has 0 aliphatic carbocycles. The third kappa shape index (κ3) is 4.90. The van der Waals surface area contributed by atoms with Gasteiger partial charge in [-0.3, -0.25) is 9.97 Å². The van der Waals surface area contributed by atoms with E-state index in [9.17, 15) is 0 Å². The van der Waals surface area contributed by atoms with Crippen LogP contribution in [0.2, 0.25) is 0 Å². The Kier molecular flexibility index (Phi) is 6.80. The van der Waals surface area contributed by atoms with Gasteiger partial charge in [-0.1, -0.05) is 103 Å². The number of hydrogen-bond donors (Lipinski definition) is 0. The summed E-state index contributed by atoms with van der Waals surface area (Å²) in [5.41, 5.74) is 10.8. The predicted molar refractivity (Wildman–Crippen MR) is 200 cm³/mol. The van der Waals surface area contributed by atoms with Gasteiger partial charge < -0.3 is 0 Å². The molecule has 0 N–H and O–H groups in total. The second kappa shape index (κ2) is 11.7. The van der Waals surface area contributed by atoms with Crippen molar-refractivity contribution in [1.29, 1.82) is 0 Å². The second-order valence-electron chi connectivity index (χ2n) is 12.1. The van der Waals surface area contributed by atoms with Gasteiger partial charge in [-0.25, -0.2) is 4.98 Å². The minimum atomic E-state index is 0.885. The quantitative estimate of drug-likeness (QED) is 0.182. The average molecular weight is 612 g/mol. The highest BCUT2D eigenvalue weighted by Crippen LogP contribution is 2.41. The van der Waals surface area contributed by atoms with Crippen LogP contribution < -0.4 is 0 Å². The molecule has 6 aromatic carbocycles. The Hall–Kier alpha value is -6.45. The van der Waals surface area contributed by atoms with Crippen molar-refractivity contribution < 1.29 is 0 Å².